The summed E-state index contributed by atoms with van der Waals surface area (Å²) in [5, 5.41) is 20.6. The number of hydrogen-bond acceptors (Lipinski definition) is 6. The highest BCUT2D eigenvalue weighted by molar-refractivity contribution is 4.59. The van der Waals surface area contributed by atoms with Gasteiger partial charge in [0, 0.05) is 72.0 Å². The molecule has 30 heavy (non-hydrogen) atoms. The van der Waals surface area contributed by atoms with E-state index in [0.717, 1.165) is 65.4 Å². The van der Waals surface area contributed by atoms with Crippen LogP contribution in [0.2, 0.25) is 0 Å². The van der Waals surface area contributed by atoms with Crippen LogP contribution in [0.15, 0.2) is 0 Å². The summed E-state index contributed by atoms with van der Waals surface area (Å²) in [6.45, 7) is 17.8. The number of hydrogen-bond donors (Lipinski definition) is 6. The van der Waals surface area contributed by atoms with Crippen molar-refractivity contribution in [1.82, 2.24) is 31.9 Å². The Balaban J connectivity index is 2.97. The van der Waals surface area contributed by atoms with Crippen LogP contribution in [0.3, 0.4) is 0 Å². The van der Waals surface area contributed by atoms with E-state index < -0.39 is 0 Å². The van der Waals surface area contributed by atoms with Crippen LogP contribution in [-0.4, -0.2) is 72.0 Å². The first-order valence-electron chi connectivity index (χ1n) is 13.0. The molecule has 0 rings (SSSR count). The molecule has 0 aromatic carbocycles. The maximum absolute atomic E-state index is 3.55. The Kier molecular flexibility index (Phi) is 28.5. The van der Waals surface area contributed by atoms with E-state index in [4.69, 9.17) is 0 Å². The van der Waals surface area contributed by atoms with Gasteiger partial charge >= 0.3 is 0 Å². The minimum atomic E-state index is 1.000. The van der Waals surface area contributed by atoms with E-state index >= 15 is 0 Å². The smallest absolute Gasteiger partial charge is 0.0190 e. The Morgan fingerprint density at radius 3 is 1.13 bits per heavy atom. The fraction of sp³-hybridized carbons (Fsp3) is 0.958. The lowest BCUT2D eigenvalue weighted by Crippen LogP contribution is -2.37. The molecule has 6 N–H and O–H groups in total. The molecule has 0 aliphatic rings. The van der Waals surface area contributed by atoms with Gasteiger partial charge in [0.05, 0.1) is 0 Å². The summed E-state index contributed by atoms with van der Waals surface area (Å²) in [7, 11) is 0. The highest BCUT2D eigenvalue weighted by Gasteiger charge is 1.94. The molecule has 0 saturated heterocycles. The Morgan fingerprint density at radius 2 is 0.733 bits per heavy atom. The lowest BCUT2D eigenvalue weighted by molar-refractivity contribution is 0.533. The van der Waals surface area contributed by atoms with Gasteiger partial charge in [-0.3, -0.25) is 0 Å². The second-order valence-corrected chi connectivity index (χ2v) is 8.17. The molecule has 0 fully saturated rings. The minimum Gasteiger partial charge on any atom is -0.315 e. The van der Waals surface area contributed by atoms with Gasteiger partial charge in [0.1, 0.15) is 0 Å². The average Bonchev–Trinajstić information content (AvgIpc) is 2.76. The summed E-state index contributed by atoms with van der Waals surface area (Å²) in [5.74, 6) is 0. The molecule has 0 amide bonds. The lowest BCUT2D eigenvalue weighted by atomic mass is 10.1. The molecular formula is C24H55N6. The van der Waals surface area contributed by atoms with Gasteiger partial charge < -0.3 is 31.9 Å². The lowest BCUT2D eigenvalue weighted by Gasteiger charge is -2.09. The third-order valence-electron chi connectivity index (χ3n) is 5.27. The van der Waals surface area contributed by atoms with E-state index in [0.29, 0.717) is 0 Å². The molecule has 0 bridgehead atoms. The zero-order valence-corrected chi connectivity index (χ0v) is 20.4. The van der Waals surface area contributed by atoms with Crippen LogP contribution in [0.4, 0.5) is 0 Å². The van der Waals surface area contributed by atoms with Crippen LogP contribution in [0.1, 0.15) is 78.1 Å². The van der Waals surface area contributed by atoms with Gasteiger partial charge in [0.2, 0.25) is 0 Å². The molecule has 181 valence electrons. The van der Waals surface area contributed by atoms with Crippen molar-refractivity contribution in [1.29, 1.82) is 0 Å². The second kappa shape index (κ2) is 28.8. The predicted molar refractivity (Wildman–Crippen MR) is 134 cm³/mol. The summed E-state index contributed by atoms with van der Waals surface area (Å²) in [6, 6.07) is 0. The maximum Gasteiger partial charge on any atom is 0.0190 e. The first-order chi connectivity index (χ1) is 14.9. The Morgan fingerprint density at radius 1 is 0.400 bits per heavy atom. The Hall–Kier alpha value is -0.240. The van der Waals surface area contributed by atoms with Crippen molar-refractivity contribution in [2.24, 2.45) is 0 Å². The first-order valence-corrected chi connectivity index (χ1v) is 13.0. The second-order valence-electron chi connectivity index (χ2n) is 8.17. The van der Waals surface area contributed by atoms with Crippen molar-refractivity contribution in [3.05, 3.63) is 6.54 Å². The highest BCUT2D eigenvalue weighted by Crippen LogP contribution is 2.10. The van der Waals surface area contributed by atoms with E-state index in [1.54, 1.807) is 0 Å². The zero-order valence-electron chi connectivity index (χ0n) is 20.4. The quantitative estimate of drug-likeness (QED) is 0.113. The number of rotatable bonds is 27. The van der Waals surface area contributed by atoms with Crippen molar-refractivity contribution in [2.45, 2.75) is 78.1 Å². The van der Waals surface area contributed by atoms with Crippen LogP contribution in [-0.2, 0) is 0 Å². The van der Waals surface area contributed by atoms with Crippen molar-refractivity contribution in [3.63, 3.8) is 0 Å². The summed E-state index contributed by atoms with van der Waals surface area (Å²) in [5.41, 5.74) is 0. The largest absolute Gasteiger partial charge is 0.315 e. The average molecular weight is 428 g/mol. The van der Waals surface area contributed by atoms with E-state index in [1.165, 1.54) is 70.8 Å². The molecule has 0 aromatic rings. The zero-order chi connectivity index (χ0) is 21.8. The summed E-state index contributed by atoms with van der Waals surface area (Å²) in [4.78, 5) is 0. The third kappa shape index (κ3) is 27.8. The Labute approximate surface area is 188 Å². The third-order valence-corrected chi connectivity index (χ3v) is 5.27. The molecule has 6 nitrogen and oxygen atoms in total. The molecule has 1 radical (unpaired) electrons. The predicted octanol–water partition coefficient (Wildman–Crippen LogP) is 2.63. The molecule has 0 aliphatic heterocycles. The van der Waals surface area contributed by atoms with Crippen molar-refractivity contribution in [2.75, 3.05) is 72.0 Å². The summed E-state index contributed by atoms with van der Waals surface area (Å²) < 4.78 is 0. The minimum absolute atomic E-state index is 1.000. The molecular weight excluding hydrogens is 372 g/mol. The van der Waals surface area contributed by atoms with Crippen molar-refractivity contribution >= 4 is 0 Å². The molecule has 0 saturated carbocycles. The van der Waals surface area contributed by atoms with Crippen LogP contribution in [0.25, 0.3) is 0 Å². The SMILES string of the molecule is C[CH]NCCNCCNCCNCCNCCNCCCCCCCCCCCC. The van der Waals surface area contributed by atoms with Crippen molar-refractivity contribution in [3.8, 4) is 0 Å². The van der Waals surface area contributed by atoms with Gasteiger partial charge in [-0.15, -0.1) is 0 Å². The topological polar surface area (TPSA) is 72.2 Å². The van der Waals surface area contributed by atoms with Crippen LogP contribution in [0, 0.1) is 6.54 Å². The van der Waals surface area contributed by atoms with Gasteiger partial charge in [-0.05, 0) is 19.9 Å². The molecule has 0 heterocycles. The summed E-state index contributed by atoms with van der Waals surface area (Å²) in [6.07, 6.45) is 14.1. The normalized spacial score (nSPS) is 11.4. The van der Waals surface area contributed by atoms with Crippen LogP contribution >= 0.6 is 0 Å². The first kappa shape index (κ1) is 29.8. The van der Waals surface area contributed by atoms with Crippen molar-refractivity contribution < 1.29 is 0 Å². The van der Waals surface area contributed by atoms with Gasteiger partial charge in [0.25, 0.3) is 0 Å². The van der Waals surface area contributed by atoms with Crippen LogP contribution in [0.5, 0.6) is 0 Å². The Bertz CT molecular complexity index is 263. The van der Waals surface area contributed by atoms with E-state index in [9.17, 15) is 0 Å². The molecule has 0 spiro atoms. The maximum atomic E-state index is 3.55. The molecule has 0 atom stereocenters. The standard InChI is InChI=1S/C24H55N6/c1-3-5-6-7-8-9-10-11-12-13-14-26-17-18-28-21-22-30-24-23-29-20-19-27-16-15-25-4-2/h4,25-30H,3,5-24H2,1-2H3. The van der Waals surface area contributed by atoms with Gasteiger partial charge in [-0.2, -0.15) is 0 Å². The van der Waals surface area contributed by atoms with E-state index in [-0.39, 0.29) is 0 Å². The molecule has 0 aromatic heterocycles. The summed E-state index contributed by atoms with van der Waals surface area (Å²) >= 11 is 0. The fourth-order valence-electron chi connectivity index (χ4n) is 3.37. The molecule has 0 unspecified atom stereocenters. The van der Waals surface area contributed by atoms with E-state index in [1.807, 2.05) is 13.5 Å². The molecule has 6 heteroatoms. The molecule has 0 aliphatic carbocycles. The highest BCUT2D eigenvalue weighted by atomic mass is 15.0. The van der Waals surface area contributed by atoms with Crippen LogP contribution < -0.4 is 31.9 Å². The van der Waals surface area contributed by atoms with Gasteiger partial charge in [0.15, 0.2) is 0 Å². The fourth-order valence-corrected chi connectivity index (χ4v) is 3.37. The van der Waals surface area contributed by atoms with Gasteiger partial charge in [-0.25, -0.2) is 0 Å². The number of unbranched alkanes of at least 4 members (excludes halogenated alkanes) is 9. The monoisotopic (exact) mass is 427 g/mol. The number of nitrogens with one attached hydrogen (secondary N) is 6. The van der Waals surface area contributed by atoms with Gasteiger partial charge in [-0.1, -0.05) is 64.7 Å². The van der Waals surface area contributed by atoms with E-state index in [2.05, 4.69) is 38.8 Å².